The number of aromatic hydroxyl groups is 1. The SMILES string of the molecule is Cc1ccc(C(C)NCc2ncn[nH]2)c(O)c1. The summed E-state index contributed by atoms with van der Waals surface area (Å²) in [6.07, 6.45) is 1.48. The molecule has 1 heterocycles. The molecule has 2 aromatic rings. The molecule has 0 amide bonds. The van der Waals surface area contributed by atoms with E-state index in [1.165, 1.54) is 6.33 Å². The van der Waals surface area contributed by atoms with E-state index in [0.717, 1.165) is 17.0 Å². The van der Waals surface area contributed by atoms with Crippen molar-refractivity contribution in [3.63, 3.8) is 0 Å². The number of aromatic amines is 1. The van der Waals surface area contributed by atoms with Gasteiger partial charge in [-0.3, -0.25) is 5.10 Å². The Balaban J connectivity index is 2.01. The second-order valence-electron chi connectivity index (χ2n) is 4.10. The Kier molecular flexibility index (Phi) is 3.39. The Morgan fingerprint density at radius 3 is 2.94 bits per heavy atom. The predicted octanol–water partition coefficient (Wildman–Crippen LogP) is 1.67. The van der Waals surface area contributed by atoms with E-state index in [1.807, 2.05) is 26.0 Å². The molecule has 5 nitrogen and oxygen atoms in total. The van der Waals surface area contributed by atoms with Crippen LogP contribution in [0, 0.1) is 6.92 Å². The van der Waals surface area contributed by atoms with Crippen LogP contribution in [0.5, 0.6) is 5.75 Å². The van der Waals surface area contributed by atoms with Crippen LogP contribution in [0.1, 0.15) is 29.9 Å². The molecule has 1 atom stereocenters. The standard InChI is InChI=1S/C12H16N4O/c1-8-3-4-10(11(17)5-8)9(2)13-6-12-14-7-15-16-12/h3-5,7,9,13,17H,6H2,1-2H3,(H,14,15,16). The number of nitrogens with zero attached hydrogens (tertiary/aromatic N) is 2. The lowest BCUT2D eigenvalue weighted by Crippen LogP contribution is -2.19. The fourth-order valence-corrected chi connectivity index (χ4v) is 1.70. The van der Waals surface area contributed by atoms with Gasteiger partial charge < -0.3 is 10.4 Å². The fraction of sp³-hybridized carbons (Fsp3) is 0.333. The van der Waals surface area contributed by atoms with Crippen molar-refractivity contribution in [3.05, 3.63) is 41.5 Å². The van der Waals surface area contributed by atoms with Crippen LogP contribution in [0.2, 0.25) is 0 Å². The van der Waals surface area contributed by atoms with Gasteiger partial charge >= 0.3 is 0 Å². The molecule has 17 heavy (non-hydrogen) atoms. The average molecular weight is 232 g/mol. The molecule has 0 spiro atoms. The number of phenolic OH excluding ortho intramolecular Hbond substituents is 1. The van der Waals surface area contributed by atoms with Crippen molar-refractivity contribution < 1.29 is 5.11 Å². The van der Waals surface area contributed by atoms with E-state index in [9.17, 15) is 5.11 Å². The number of H-pyrrole nitrogens is 1. The van der Waals surface area contributed by atoms with Crippen molar-refractivity contribution in [2.45, 2.75) is 26.4 Å². The minimum Gasteiger partial charge on any atom is -0.508 e. The van der Waals surface area contributed by atoms with Gasteiger partial charge in [0.2, 0.25) is 0 Å². The number of hydrogen-bond acceptors (Lipinski definition) is 4. The summed E-state index contributed by atoms with van der Waals surface area (Å²) in [5.41, 5.74) is 1.93. The van der Waals surface area contributed by atoms with Gasteiger partial charge in [0.25, 0.3) is 0 Å². The first-order chi connectivity index (χ1) is 8.16. The number of aromatic nitrogens is 3. The van der Waals surface area contributed by atoms with E-state index < -0.39 is 0 Å². The zero-order valence-electron chi connectivity index (χ0n) is 9.94. The van der Waals surface area contributed by atoms with Gasteiger partial charge in [-0.25, -0.2) is 4.98 Å². The highest BCUT2D eigenvalue weighted by Gasteiger charge is 2.10. The van der Waals surface area contributed by atoms with Crippen LogP contribution >= 0.6 is 0 Å². The van der Waals surface area contributed by atoms with Gasteiger partial charge in [0.05, 0.1) is 6.54 Å². The molecule has 1 unspecified atom stereocenters. The van der Waals surface area contributed by atoms with Gasteiger partial charge in [-0.05, 0) is 25.5 Å². The van der Waals surface area contributed by atoms with Gasteiger partial charge in [0, 0.05) is 11.6 Å². The number of hydrogen-bond donors (Lipinski definition) is 3. The van der Waals surface area contributed by atoms with Gasteiger partial charge in [-0.15, -0.1) is 0 Å². The Morgan fingerprint density at radius 2 is 2.29 bits per heavy atom. The van der Waals surface area contributed by atoms with Crippen LogP contribution < -0.4 is 5.32 Å². The van der Waals surface area contributed by atoms with Gasteiger partial charge in [-0.1, -0.05) is 12.1 Å². The monoisotopic (exact) mass is 232 g/mol. The number of rotatable bonds is 4. The molecule has 0 saturated carbocycles. The van der Waals surface area contributed by atoms with Crippen LogP contribution in [-0.4, -0.2) is 20.3 Å². The third kappa shape index (κ3) is 2.82. The molecule has 0 aliphatic rings. The van der Waals surface area contributed by atoms with E-state index in [0.29, 0.717) is 12.3 Å². The van der Waals surface area contributed by atoms with E-state index in [4.69, 9.17) is 0 Å². The van der Waals surface area contributed by atoms with Crippen molar-refractivity contribution in [1.82, 2.24) is 20.5 Å². The summed E-state index contributed by atoms with van der Waals surface area (Å²) < 4.78 is 0. The highest BCUT2D eigenvalue weighted by atomic mass is 16.3. The number of benzene rings is 1. The number of phenols is 1. The second kappa shape index (κ2) is 4.97. The van der Waals surface area contributed by atoms with Crippen molar-refractivity contribution in [1.29, 1.82) is 0 Å². The van der Waals surface area contributed by atoms with Crippen molar-refractivity contribution in [2.75, 3.05) is 0 Å². The summed E-state index contributed by atoms with van der Waals surface area (Å²) in [7, 11) is 0. The van der Waals surface area contributed by atoms with Crippen LogP contribution in [0.3, 0.4) is 0 Å². The summed E-state index contributed by atoms with van der Waals surface area (Å²) in [5.74, 6) is 1.10. The number of nitrogens with one attached hydrogen (secondary N) is 2. The zero-order valence-corrected chi connectivity index (χ0v) is 9.94. The quantitative estimate of drug-likeness (QED) is 0.749. The maximum absolute atomic E-state index is 9.84. The van der Waals surface area contributed by atoms with Crippen molar-refractivity contribution in [3.8, 4) is 5.75 Å². The topological polar surface area (TPSA) is 73.8 Å². The zero-order chi connectivity index (χ0) is 12.3. The molecule has 2 rings (SSSR count). The first-order valence-corrected chi connectivity index (χ1v) is 5.54. The molecular formula is C12H16N4O. The molecule has 3 N–H and O–H groups in total. The smallest absolute Gasteiger partial charge is 0.138 e. The van der Waals surface area contributed by atoms with Crippen LogP contribution in [0.4, 0.5) is 0 Å². The third-order valence-corrected chi connectivity index (χ3v) is 2.69. The van der Waals surface area contributed by atoms with Gasteiger partial charge in [-0.2, -0.15) is 5.10 Å². The molecule has 0 saturated heterocycles. The Bertz CT molecular complexity index is 481. The van der Waals surface area contributed by atoms with Gasteiger partial charge in [0.15, 0.2) is 0 Å². The van der Waals surface area contributed by atoms with E-state index in [1.54, 1.807) is 6.07 Å². The minimum absolute atomic E-state index is 0.0562. The summed E-state index contributed by atoms with van der Waals surface area (Å²) in [4.78, 5) is 4.03. The highest BCUT2D eigenvalue weighted by molar-refractivity contribution is 5.37. The molecule has 1 aromatic carbocycles. The predicted molar refractivity (Wildman–Crippen MR) is 64.5 cm³/mol. The molecule has 90 valence electrons. The van der Waals surface area contributed by atoms with E-state index in [2.05, 4.69) is 20.5 Å². The molecule has 5 heteroatoms. The first kappa shape index (κ1) is 11.6. The maximum Gasteiger partial charge on any atom is 0.138 e. The lowest BCUT2D eigenvalue weighted by atomic mass is 10.1. The summed E-state index contributed by atoms with van der Waals surface area (Å²) >= 11 is 0. The largest absolute Gasteiger partial charge is 0.508 e. The molecule has 1 aromatic heterocycles. The number of aryl methyl sites for hydroxylation is 1. The molecular weight excluding hydrogens is 216 g/mol. The lowest BCUT2D eigenvalue weighted by molar-refractivity contribution is 0.450. The van der Waals surface area contributed by atoms with Crippen molar-refractivity contribution in [2.24, 2.45) is 0 Å². The molecule has 0 bridgehead atoms. The van der Waals surface area contributed by atoms with Crippen LogP contribution in [0.15, 0.2) is 24.5 Å². The Labute approximate surface area is 99.9 Å². The van der Waals surface area contributed by atoms with Crippen LogP contribution in [0.25, 0.3) is 0 Å². The maximum atomic E-state index is 9.84. The molecule has 0 aliphatic carbocycles. The third-order valence-electron chi connectivity index (χ3n) is 2.69. The molecule has 0 fully saturated rings. The van der Waals surface area contributed by atoms with E-state index in [-0.39, 0.29) is 6.04 Å². The first-order valence-electron chi connectivity index (χ1n) is 5.54. The average Bonchev–Trinajstić information content (AvgIpc) is 2.78. The summed E-state index contributed by atoms with van der Waals surface area (Å²) in [5, 5.41) is 19.7. The molecule has 0 radical (unpaired) electrons. The molecule has 0 aliphatic heterocycles. The Morgan fingerprint density at radius 1 is 1.47 bits per heavy atom. The van der Waals surface area contributed by atoms with Crippen molar-refractivity contribution >= 4 is 0 Å². The summed E-state index contributed by atoms with van der Waals surface area (Å²) in [6.45, 7) is 4.55. The normalized spacial score (nSPS) is 12.6. The minimum atomic E-state index is 0.0562. The summed E-state index contributed by atoms with van der Waals surface area (Å²) in [6, 6.07) is 5.74. The second-order valence-corrected chi connectivity index (χ2v) is 4.10. The Hall–Kier alpha value is -1.88. The van der Waals surface area contributed by atoms with E-state index >= 15 is 0 Å². The fourth-order valence-electron chi connectivity index (χ4n) is 1.70. The lowest BCUT2D eigenvalue weighted by Gasteiger charge is -2.15. The van der Waals surface area contributed by atoms with Crippen LogP contribution in [-0.2, 0) is 6.54 Å². The highest BCUT2D eigenvalue weighted by Crippen LogP contribution is 2.24. The van der Waals surface area contributed by atoms with Gasteiger partial charge in [0.1, 0.15) is 17.9 Å².